The Labute approximate surface area is 86.1 Å². The highest BCUT2D eigenvalue weighted by Crippen LogP contribution is 2.16. The van der Waals surface area contributed by atoms with E-state index in [0.717, 1.165) is 11.1 Å². The molecule has 0 saturated heterocycles. The Morgan fingerprint density at radius 3 is 2.64 bits per heavy atom. The number of benzene rings is 1. The van der Waals surface area contributed by atoms with Crippen LogP contribution in [-0.2, 0) is 17.5 Å². The molecule has 78 valence electrons. The molecule has 0 saturated carbocycles. The number of hydrogen-bond acceptors (Lipinski definition) is 2. The highest BCUT2D eigenvalue weighted by atomic mass is 32.2. The second-order valence-electron chi connectivity index (χ2n) is 3.59. The van der Waals surface area contributed by atoms with Crippen molar-refractivity contribution in [3.8, 4) is 0 Å². The first kappa shape index (κ1) is 11.4. The summed E-state index contributed by atoms with van der Waals surface area (Å²) in [6.07, 6.45) is 0.178. The topological polar surface area (TPSA) is 57.5 Å². The van der Waals surface area contributed by atoms with Gasteiger partial charge in [-0.05, 0) is 19.4 Å². The molecule has 2 unspecified atom stereocenters. The Kier molecular flexibility index (Phi) is 3.42. The molecule has 4 heteroatoms. The third-order valence-corrected chi connectivity index (χ3v) is 2.89. The van der Waals surface area contributed by atoms with E-state index in [-0.39, 0.29) is 6.42 Å². The second kappa shape index (κ2) is 4.21. The SMILES string of the molecule is Cc1cccc(CC(C)(O)S(=O)O)c1. The van der Waals surface area contributed by atoms with Gasteiger partial charge in [-0.25, -0.2) is 4.21 Å². The quantitative estimate of drug-likeness (QED) is 0.749. The van der Waals surface area contributed by atoms with Gasteiger partial charge in [0.05, 0.1) is 0 Å². The van der Waals surface area contributed by atoms with Gasteiger partial charge in [0, 0.05) is 6.42 Å². The van der Waals surface area contributed by atoms with Gasteiger partial charge < -0.3 is 9.66 Å². The minimum Gasteiger partial charge on any atom is -0.374 e. The van der Waals surface area contributed by atoms with E-state index in [1.807, 2.05) is 31.2 Å². The maximum atomic E-state index is 10.8. The molecule has 0 aliphatic rings. The molecule has 0 heterocycles. The standard InChI is InChI=1S/C10H14O3S/c1-8-4-3-5-9(6-8)7-10(2,11)14(12)13/h3-6,11H,7H2,1-2H3,(H,12,13). The van der Waals surface area contributed by atoms with E-state index in [9.17, 15) is 9.32 Å². The Balaban J connectivity index is 2.83. The van der Waals surface area contributed by atoms with Crippen molar-refractivity contribution < 1.29 is 13.9 Å². The van der Waals surface area contributed by atoms with E-state index in [2.05, 4.69) is 0 Å². The molecule has 14 heavy (non-hydrogen) atoms. The van der Waals surface area contributed by atoms with Crippen LogP contribution in [0.15, 0.2) is 24.3 Å². The van der Waals surface area contributed by atoms with Crippen LogP contribution in [0.4, 0.5) is 0 Å². The van der Waals surface area contributed by atoms with Crippen LogP contribution in [-0.4, -0.2) is 18.8 Å². The molecule has 0 fully saturated rings. The monoisotopic (exact) mass is 214 g/mol. The zero-order valence-corrected chi connectivity index (χ0v) is 9.04. The predicted octanol–water partition coefficient (Wildman–Crippen LogP) is 1.47. The lowest BCUT2D eigenvalue weighted by Gasteiger charge is -2.18. The summed E-state index contributed by atoms with van der Waals surface area (Å²) in [5.41, 5.74) is 1.93. The third kappa shape index (κ3) is 2.90. The largest absolute Gasteiger partial charge is 0.374 e. The minimum absolute atomic E-state index is 0.178. The number of rotatable bonds is 3. The van der Waals surface area contributed by atoms with Crippen molar-refractivity contribution >= 4 is 11.1 Å². The Bertz CT molecular complexity index is 347. The molecule has 0 amide bonds. The predicted molar refractivity (Wildman–Crippen MR) is 56.3 cm³/mol. The van der Waals surface area contributed by atoms with Crippen molar-refractivity contribution in [1.82, 2.24) is 0 Å². The average molecular weight is 214 g/mol. The fourth-order valence-corrected chi connectivity index (χ4v) is 1.55. The molecule has 0 aliphatic carbocycles. The van der Waals surface area contributed by atoms with Crippen molar-refractivity contribution in [3.05, 3.63) is 35.4 Å². The molecular formula is C10H14O3S. The van der Waals surface area contributed by atoms with Crippen LogP contribution in [0.25, 0.3) is 0 Å². The molecular weight excluding hydrogens is 200 g/mol. The van der Waals surface area contributed by atoms with Crippen LogP contribution < -0.4 is 0 Å². The van der Waals surface area contributed by atoms with Crippen LogP contribution in [0.5, 0.6) is 0 Å². The lowest BCUT2D eigenvalue weighted by atomic mass is 10.1. The maximum Gasteiger partial charge on any atom is 0.185 e. The highest BCUT2D eigenvalue weighted by molar-refractivity contribution is 7.80. The van der Waals surface area contributed by atoms with Crippen LogP contribution in [0.3, 0.4) is 0 Å². The molecule has 2 atom stereocenters. The van der Waals surface area contributed by atoms with Gasteiger partial charge in [0.25, 0.3) is 0 Å². The second-order valence-corrected chi connectivity index (χ2v) is 4.97. The summed E-state index contributed by atoms with van der Waals surface area (Å²) in [5, 5.41) is 9.59. The number of aryl methyl sites for hydroxylation is 1. The lowest BCUT2D eigenvalue weighted by molar-refractivity contribution is 0.142. The van der Waals surface area contributed by atoms with Crippen molar-refractivity contribution in [2.24, 2.45) is 0 Å². The van der Waals surface area contributed by atoms with E-state index < -0.39 is 16.0 Å². The summed E-state index contributed by atoms with van der Waals surface area (Å²) in [6.45, 7) is 3.29. The van der Waals surface area contributed by atoms with Crippen molar-refractivity contribution in [2.75, 3.05) is 0 Å². The molecule has 1 rings (SSSR count). The first-order valence-corrected chi connectivity index (χ1v) is 5.41. The fraction of sp³-hybridized carbons (Fsp3) is 0.400. The molecule has 1 aromatic rings. The number of aliphatic hydroxyl groups is 1. The Hall–Kier alpha value is -0.710. The van der Waals surface area contributed by atoms with Crippen LogP contribution >= 0.6 is 0 Å². The lowest BCUT2D eigenvalue weighted by Crippen LogP contribution is -2.32. The molecule has 2 N–H and O–H groups in total. The van der Waals surface area contributed by atoms with E-state index in [1.54, 1.807) is 0 Å². The molecule has 0 bridgehead atoms. The molecule has 0 aromatic heterocycles. The van der Waals surface area contributed by atoms with Crippen LogP contribution in [0.2, 0.25) is 0 Å². The zero-order chi connectivity index (χ0) is 10.8. The van der Waals surface area contributed by atoms with Gasteiger partial charge >= 0.3 is 0 Å². The van der Waals surface area contributed by atoms with Crippen molar-refractivity contribution in [2.45, 2.75) is 25.2 Å². The summed E-state index contributed by atoms with van der Waals surface area (Å²) in [5.74, 6) is 0. The van der Waals surface area contributed by atoms with Gasteiger partial charge in [-0.2, -0.15) is 0 Å². The van der Waals surface area contributed by atoms with Gasteiger partial charge in [-0.3, -0.25) is 0 Å². The summed E-state index contributed by atoms with van der Waals surface area (Å²) >= 11 is -2.23. The van der Waals surface area contributed by atoms with Crippen LogP contribution in [0, 0.1) is 6.92 Å². The summed E-state index contributed by atoms with van der Waals surface area (Å²) in [7, 11) is 0. The van der Waals surface area contributed by atoms with E-state index >= 15 is 0 Å². The first-order chi connectivity index (χ1) is 6.42. The summed E-state index contributed by atoms with van der Waals surface area (Å²) in [6, 6.07) is 7.52. The third-order valence-electron chi connectivity index (χ3n) is 1.99. The fourth-order valence-electron chi connectivity index (χ4n) is 1.26. The van der Waals surface area contributed by atoms with Crippen LogP contribution in [0.1, 0.15) is 18.1 Å². The van der Waals surface area contributed by atoms with Crippen molar-refractivity contribution in [3.63, 3.8) is 0 Å². The van der Waals surface area contributed by atoms with E-state index in [0.29, 0.717) is 0 Å². The molecule has 1 aromatic carbocycles. The van der Waals surface area contributed by atoms with Crippen molar-refractivity contribution in [1.29, 1.82) is 0 Å². The summed E-state index contributed by atoms with van der Waals surface area (Å²) < 4.78 is 19.6. The number of hydrogen-bond donors (Lipinski definition) is 2. The molecule has 0 radical (unpaired) electrons. The normalized spacial score (nSPS) is 17.4. The van der Waals surface area contributed by atoms with Gasteiger partial charge in [0.15, 0.2) is 16.0 Å². The Morgan fingerprint density at radius 2 is 2.14 bits per heavy atom. The van der Waals surface area contributed by atoms with Gasteiger partial charge in [0.2, 0.25) is 0 Å². The van der Waals surface area contributed by atoms with E-state index in [1.165, 1.54) is 6.92 Å². The Morgan fingerprint density at radius 1 is 1.50 bits per heavy atom. The minimum atomic E-state index is -2.23. The van der Waals surface area contributed by atoms with Gasteiger partial charge in [-0.1, -0.05) is 29.8 Å². The average Bonchev–Trinajstić information content (AvgIpc) is 2.02. The zero-order valence-electron chi connectivity index (χ0n) is 8.23. The van der Waals surface area contributed by atoms with E-state index in [4.69, 9.17) is 4.55 Å². The smallest absolute Gasteiger partial charge is 0.185 e. The van der Waals surface area contributed by atoms with Gasteiger partial charge in [-0.15, -0.1) is 0 Å². The highest BCUT2D eigenvalue weighted by Gasteiger charge is 2.27. The maximum absolute atomic E-state index is 10.8. The molecule has 0 aliphatic heterocycles. The molecule has 3 nitrogen and oxygen atoms in total. The first-order valence-electron chi connectivity index (χ1n) is 4.31. The molecule has 0 spiro atoms. The van der Waals surface area contributed by atoms with Gasteiger partial charge in [0.1, 0.15) is 0 Å². The summed E-state index contributed by atoms with van der Waals surface area (Å²) in [4.78, 5) is -1.58.